The van der Waals surface area contributed by atoms with Crippen LogP contribution < -0.4 is 5.56 Å². The van der Waals surface area contributed by atoms with Gasteiger partial charge in [0.25, 0.3) is 5.56 Å². The highest BCUT2D eigenvalue weighted by Crippen LogP contribution is 2.12. The first-order valence-electron chi connectivity index (χ1n) is 5.54. The van der Waals surface area contributed by atoms with Gasteiger partial charge in [0.1, 0.15) is 0 Å². The molecule has 0 aliphatic carbocycles. The minimum atomic E-state index is 0.0630. The number of allylic oxidation sites excluding steroid dienone is 1. The molecule has 0 bridgehead atoms. The number of fused-ring (bicyclic) bond motifs is 1. The standard InChI is InChI=1S/C14H15NO/c1-3-9-15-12(4-2)10-11-7-5-6-8-13(11)14(15)16/h3,5-10H,4H2,1-2H3/b9-3-. The second-order valence-electron chi connectivity index (χ2n) is 3.73. The van der Waals surface area contributed by atoms with Gasteiger partial charge >= 0.3 is 0 Å². The molecule has 0 aliphatic rings. The molecule has 0 atom stereocenters. The molecule has 1 heterocycles. The molecule has 16 heavy (non-hydrogen) atoms. The van der Waals surface area contributed by atoms with Gasteiger partial charge < -0.3 is 0 Å². The summed E-state index contributed by atoms with van der Waals surface area (Å²) in [4.78, 5) is 12.2. The van der Waals surface area contributed by atoms with Crippen molar-refractivity contribution in [1.29, 1.82) is 0 Å². The zero-order valence-corrected chi connectivity index (χ0v) is 9.60. The fraction of sp³-hybridized carbons (Fsp3) is 0.214. The van der Waals surface area contributed by atoms with E-state index in [1.165, 1.54) is 0 Å². The van der Waals surface area contributed by atoms with Gasteiger partial charge in [0.2, 0.25) is 0 Å². The van der Waals surface area contributed by atoms with Crippen LogP contribution in [0.2, 0.25) is 0 Å². The molecule has 82 valence electrons. The van der Waals surface area contributed by atoms with Gasteiger partial charge in [-0.2, -0.15) is 0 Å². The Balaban J connectivity index is 2.88. The molecular formula is C14H15NO. The lowest BCUT2D eigenvalue weighted by Gasteiger charge is -2.08. The van der Waals surface area contributed by atoms with Crippen molar-refractivity contribution in [2.75, 3.05) is 0 Å². The highest BCUT2D eigenvalue weighted by molar-refractivity contribution is 5.82. The van der Waals surface area contributed by atoms with E-state index in [0.29, 0.717) is 0 Å². The minimum absolute atomic E-state index is 0.0630. The average Bonchev–Trinajstić information content (AvgIpc) is 2.33. The highest BCUT2D eigenvalue weighted by Gasteiger charge is 2.04. The Morgan fingerprint density at radius 3 is 2.75 bits per heavy atom. The van der Waals surface area contributed by atoms with Crippen LogP contribution in [0.5, 0.6) is 0 Å². The van der Waals surface area contributed by atoms with Gasteiger partial charge in [0, 0.05) is 17.3 Å². The van der Waals surface area contributed by atoms with E-state index in [1.54, 1.807) is 4.57 Å². The largest absolute Gasteiger partial charge is 0.288 e. The molecule has 0 amide bonds. The lowest BCUT2D eigenvalue weighted by molar-refractivity contribution is 0.929. The first-order chi connectivity index (χ1) is 7.77. The Morgan fingerprint density at radius 2 is 2.06 bits per heavy atom. The smallest absolute Gasteiger partial charge is 0.262 e. The summed E-state index contributed by atoms with van der Waals surface area (Å²) >= 11 is 0. The van der Waals surface area contributed by atoms with Gasteiger partial charge in [0.05, 0.1) is 0 Å². The van der Waals surface area contributed by atoms with E-state index in [0.717, 1.165) is 22.9 Å². The maximum Gasteiger partial charge on any atom is 0.262 e. The number of aryl methyl sites for hydroxylation is 1. The molecule has 0 saturated heterocycles. The van der Waals surface area contributed by atoms with Crippen molar-refractivity contribution in [3.8, 4) is 0 Å². The Morgan fingerprint density at radius 1 is 1.31 bits per heavy atom. The van der Waals surface area contributed by atoms with Crippen molar-refractivity contribution >= 4 is 17.0 Å². The molecule has 2 aromatic rings. The lowest BCUT2D eigenvalue weighted by Crippen LogP contribution is -2.19. The van der Waals surface area contributed by atoms with Crippen LogP contribution in [0.25, 0.3) is 17.0 Å². The summed E-state index contributed by atoms with van der Waals surface area (Å²) in [6.07, 6.45) is 4.56. The summed E-state index contributed by atoms with van der Waals surface area (Å²) in [5, 5.41) is 1.79. The molecule has 2 rings (SSSR count). The summed E-state index contributed by atoms with van der Waals surface area (Å²) in [6, 6.07) is 9.79. The fourth-order valence-electron chi connectivity index (χ4n) is 1.91. The normalized spacial score (nSPS) is 11.4. The summed E-state index contributed by atoms with van der Waals surface area (Å²) < 4.78 is 1.72. The Labute approximate surface area is 94.8 Å². The zero-order valence-electron chi connectivity index (χ0n) is 9.60. The second-order valence-corrected chi connectivity index (χ2v) is 3.73. The number of aromatic nitrogens is 1. The van der Waals surface area contributed by atoms with Crippen LogP contribution in [0.3, 0.4) is 0 Å². The number of hydrogen-bond donors (Lipinski definition) is 0. The predicted molar refractivity (Wildman–Crippen MR) is 68.6 cm³/mol. The van der Waals surface area contributed by atoms with Gasteiger partial charge in [-0.25, -0.2) is 0 Å². The van der Waals surface area contributed by atoms with E-state index < -0.39 is 0 Å². The Bertz CT molecular complexity index is 593. The van der Waals surface area contributed by atoms with Crippen molar-refractivity contribution < 1.29 is 0 Å². The van der Waals surface area contributed by atoms with E-state index in [1.807, 2.05) is 43.5 Å². The molecule has 0 radical (unpaired) electrons. The summed E-state index contributed by atoms with van der Waals surface area (Å²) in [5.74, 6) is 0. The fourth-order valence-corrected chi connectivity index (χ4v) is 1.91. The second kappa shape index (κ2) is 4.35. The topological polar surface area (TPSA) is 22.0 Å². The molecular weight excluding hydrogens is 198 g/mol. The van der Waals surface area contributed by atoms with E-state index in [9.17, 15) is 4.79 Å². The maximum absolute atomic E-state index is 12.2. The summed E-state index contributed by atoms with van der Waals surface area (Å²) in [7, 11) is 0. The van der Waals surface area contributed by atoms with E-state index in [4.69, 9.17) is 0 Å². The molecule has 1 aromatic heterocycles. The molecule has 0 fully saturated rings. The van der Waals surface area contributed by atoms with Crippen molar-refractivity contribution in [3.05, 3.63) is 52.5 Å². The van der Waals surface area contributed by atoms with Crippen LogP contribution in [-0.4, -0.2) is 4.57 Å². The molecule has 0 N–H and O–H groups in total. The van der Waals surface area contributed by atoms with Gasteiger partial charge in [-0.05, 0) is 30.9 Å². The van der Waals surface area contributed by atoms with Crippen LogP contribution in [0, 0.1) is 0 Å². The van der Waals surface area contributed by atoms with Crippen molar-refractivity contribution in [2.24, 2.45) is 0 Å². The summed E-state index contributed by atoms with van der Waals surface area (Å²) in [5.41, 5.74) is 1.11. The molecule has 0 saturated carbocycles. The Kier molecular flexibility index (Phi) is 2.91. The first kappa shape index (κ1) is 10.7. The van der Waals surface area contributed by atoms with Crippen LogP contribution >= 0.6 is 0 Å². The Hall–Kier alpha value is -1.83. The van der Waals surface area contributed by atoms with Crippen molar-refractivity contribution in [2.45, 2.75) is 20.3 Å². The summed E-state index contributed by atoms with van der Waals surface area (Å²) in [6.45, 7) is 3.98. The predicted octanol–water partition coefficient (Wildman–Crippen LogP) is 3.05. The molecule has 2 heteroatoms. The number of hydrogen-bond acceptors (Lipinski definition) is 1. The molecule has 2 nitrogen and oxygen atoms in total. The van der Waals surface area contributed by atoms with Crippen molar-refractivity contribution in [1.82, 2.24) is 4.57 Å². The van der Waals surface area contributed by atoms with Crippen LogP contribution in [0.15, 0.2) is 41.2 Å². The highest BCUT2D eigenvalue weighted by atomic mass is 16.1. The van der Waals surface area contributed by atoms with E-state index in [2.05, 4.69) is 13.0 Å². The number of pyridine rings is 1. The monoisotopic (exact) mass is 213 g/mol. The third-order valence-electron chi connectivity index (χ3n) is 2.70. The zero-order chi connectivity index (χ0) is 11.5. The quantitative estimate of drug-likeness (QED) is 0.751. The van der Waals surface area contributed by atoms with Crippen LogP contribution in [-0.2, 0) is 6.42 Å². The van der Waals surface area contributed by atoms with Gasteiger partial charge in [-0.15, -0.1) is 0 Å². The first-order valence-corrected chi connectivity index (χ1v) is 5.54. The number of rotatable bonds is 2. The van der Waals surface area contributed by atoms with Gasteiger partial charge in [-0.3, -0.25) is 9.36 Å². The number of nitrogens with zero attached hydrogens (tertiary/aromatic N) is 1. The number of benzene rings is 1. The molecule has 0 unspecified atom stereocenters. The molecule has 1 aromatic carbocycles. The lowest BCUT2D eigenvalue weighted by atomic mass is 10.1. The molecule has 0 spiro atoms. The third kappa shape index (κ3) is 1.67. The van der Waals surface area contributed by atoms with E-state index in [-0.39, 0.29) is 5.56 Å². The SMILES string of the molecule is C/C=C\n1c(CC)cc2ccccc2c1=O. The molecule has 0 aliphatic heterocycles. The van der Waals surface area contributed by atoms with E-state index >= 15 is 0 Å². The minimum Gasteiger partial charge on any atom is -0.288 e. The maximum atomic E-state index is 12.2. The average molecular weight is 213 g/mol. The van der Waals surface area contributed by atoms with Gasteiger partial charge in [-0.1, -0.05) is 31.2 Å². The van der Waals surface area contributed by atoms with Crippen molar-refractivity contribution in [3.63, 3.8) is 0 Å². The van der Waals surface area contributed by atoms with Crippen LogP contribution in [0.4, 0.5) is 0 Å². The third-order valence-corrected chi connectivity index (χ3v) is 2.70. The van der Waals surface area contributed by atoms with Gasteiger partial charge in [0.15, 0.2) is 0 Å². The van der Waals surface area contributed by atoms with Crippen LogP contribution in [0.1, 0.15) is 19.5 Å².